The zero-order chi connectivity index (χ0) is 10.9. The first kappa shape index (κ1) is 11.9. The Bertz CT molecular complexity index is 337. The molecule has 4 heteroatoms. The monoisotopic (exact) mass is 276 g/mol. The summed E-state index contributed by atoms with van der Waals surface area (Å²) in [5.74, 6) is 0. The van der Waals surface area contributed by atoms with Crippen LogP contribution in [0, 0.1) is 6.92 Å². The van der Waals surface area contributed by atoms with E-state index in [4.69, 9.17) is 11.6 Å². The molecule has 1 aromatic rings. The van der Waals surface area contributed by atoms with Gasteiger partial charge >= 0.3 is 0 Å². The quantitative estimate of drug-likeness (QED) is 0.773. The molecule has 1 atom stereocenters. The highest BCUT2D eigenvalue weighted by Gasteiger charge is 2.29. The minimum Gasteiger partial charge on any atom is -0.154 e. The lowest BCUT2D eigenvalue weighted by molar-refractivity contribution is 0.522. The summed E-state index contributed by atoms with van der Waals surface area (Å²) in [6.07, 6.45) is 0. The number of alkyl halides is 1. The molecule has 0 bridgehead atoms. The minimum absolute atomic E-state index is 0.0439. The van der Waals surface area contributed by atoms with Gasteiger partial charge in [0, 0.05) is 10.2 Å². The summed E-state index contributed by atoms with van der Waals surface area (Å²) in [6.45, 7) is 8.29. The van der Waals surface area contributed by atoms with Gasteiger partial charge in [0.2, 0.25) is 0 Å². The molecule has 0 spiro atoms. The second kappa shape index (κ2) is 4.15. The third-order valence-corrected chi connectivity index (χ3v) is 3.98. The predicted octanol–water partition coefficient (Wildman–Crippen LogP) is 3.50. The third-order valence-electron chi connectivity index (χ3n) is 2.56. The van der Waals surface area contributed by atoms with Crippen LogP contribution in [0.3, 0.4) is 0 Å². The smallest absolute Gasteiger partial charge is 0.154 e. The third kappa shape index (κ3) is 2.26. The van der Waals surface area contributed by atoms with Crippen molar-refractivity contribution in [2.75, 3.05) is 0 Å². The lowest BCUT2D eigenvalue weighted by Gasteiger charge is -2.28. The summed E-state index contributed by atoms with van der Waals surface area (Å²) < 4.78 is 0. The van der Waals surface area contributed by atoms with Crippen molar-refractivity contribution in [2.24, 2.45) is 0 Å². The predicted molar refractivity (Wildman–Crippen MR) is 63.2 cm³/mol. The first-order valence-corrected chi connectivity index (χ1v) is 5.79. The van der Waals surface area contributed by atoms with Crippen LogP contribution in [-0.4, -0.2) is 15.0 Å². The standard InChI is InChI=1S/C10H14BrClN2/c1-6-5-8(9(12)14-13-6)10(3,4)7(2)11/h5,7H,1-4H3. The van der Waals surface area contributed by atoms with Gasteiger partial charge in [-0.05, 0) is 18.6 Å². The molecule has 78 valence electrons. The zero-order valence-corrected chi connectivity index (χ0v) is 11.1. The van der Waals surface area contributed by atoms with Crippen molar-refractivity contribution in [3.8, 4) is 0 Å². The van der Waals surface area contributed by atoms with Crippen LogP contribution in [0.25, 0.3) is 0 Å². The molecule has 0 aromatic carbocycles. The Morgan fingerprint density at radius 2 is 2.00 bits per heavy atom. The fourth-order valence-corrected chi connectivity index (χ4v) is 1.72. The van der Waals surface area contributed by atoms with Crippen LogP contribution in [0.5, 0.6) is 0 Å². The maximum Gasteiger partial charge on any atom is 0.155 e. The molecule has 1 rings (SSSR count). The first-order chi connectivity index (χ1) is 6.35. The average molecular weight is 278 g/mol. The van der Waals surface area contributed by atoms with Crippen molar-refractivity contribution in [3.63, 3.8) is 0 Å². The number of nitrogens with zero attached hydrogens (tertiary/aromatic N) is 2. The fraction of sp³-hybridized carbons (Fsp3) is 0.600. The second-order valence-corrected chi connectivity index (χ2v) is 5.76. The maximum absolute atomic E-state index is 6.03. The van der Waals surface area contributed by atoms with Crippen molar-refractivity contribution in [3.05, 3.63) is 22.5 Å². The molecule has 0 saturated carbocycles. The zero-order valence-electron chi connectivity index (χ0n) is 8.81. The molecule has 2 nitrogen and oxygen atoms in total. The van der Waals surface area contributed by atoms with Crippen molar-refractivity contribution in [1.82, 2.24) is 10.2 Å². The van der Waals surface area contributed by atoms with Crippen LogP contribution in [0.1, 0.15) is 32.0 Å². The number of hydrogen-bond acceptors (Lipinski definition) is 2. The Hall–Kier alpha value is -0.150. The van der Waals surface area contributed by atoms with Gasteiger partial charge in [-0.1, -0.05) is 48.3 Å². The number of rotatable bonds is 2. The van der Waals surface area contributed by atoms with Crippen LogP contribution in [0.15, 0.2) is 6.07 Å². The van der Waals surface area contributed by atoms with E-state index < -0.39 is 0 Å². The van der Waals surface area contributed by atoms with E-state index in [0.29, 0.717) is 9.98 Å². The lowest BCUT2D eigenvalue weighted by Crippen LogP contribution is -2.27. The molecule has 0 fully saturated rings. The summed E-state index contributed by atoms with van der Waals surface area (Å²) in [4.78, 5) is 0.330. The van der Waals surface area contributed by atoms with Crippen LogP contribution in [0.2, 0.25) is 5.15 Å². The fourth-order valence-electron chi connectivity index (χ4n) is 1.14. The van der Waals surface area contributed by atoms with E-state index in [2.05, 4.69) is 46.9 Å². The van der Waals surface area contributed by atoms with Gasteiger partial charge < -0.3 is 0 Å². The Morgan fingerprint density at radius 1 is 1.43 bits per heavy atom. The highest BCUT2D eigenvalue weighted by Crippen LogP contribution is 2.34. The SMILES string of the molecule is Cc1cc(C(C)(C)C(C)Br)c(Cl)nn1. The molecule has 0 N–H and O–H groups in total. The van der Waals surface area contributed by atoms with E-state index in [9.17, 15) is 0 Å². The Morgan fingerprint density at radius 3 is 2.50 bits per heavy atom. The molecule has 0 aliphatic heterocycles. The van der Waals surface area contributed by atoms with Crippen molar-refractivity contribution in [1.29, 1.82) is 0 Å². The number of aromatic nitrogens is 2. The molecule has 0 saturated heterocycles. The summed E-state index contributed by atoms with van der Waals surface area (Å²) >= 11 is 9.61. The van der Waals surface area contributed by atoms with Gasteiger partial charge in [0.15, 0.2) is 5.15 Å². The number of halogens is 2. The molecule has 1 heterocycles. The number of hydrogen-bond donors (Lipinski definition) is 0. The summed E-state index contributed by atoms with van der Waals surface area (Å²) in [7, 11) is 0. The minimum atomic E-state index is -0.0439. The molecule has 0 aliphatic rings. The van der Waals surface area contributed by atoms with Gasteiger partial charge in [0.05, 0.1) is 5.69 Å². The van der Waals surface area contributed by atoms with Crippen LogP contribution >= 0.6 is 27.5 Å². The lowest BCUT2D eigenvalue weighted by atomic mass is 9.83. The number of aryl methyl sites for hydroxylation is 1. The van der Waals surface area contributed by atoms with Crippen molar-refractivity contribution in [2.45, 2.75) is 37.9 Å². The Kier molecular flexibility index (Phi) is 3.53. The molecule has 1 aromatic heterocycles. The summed E-state index contributed by atoms with van der Waals surface area (Å²) in [5.41, 5.74) is 1.89. The average Bonchev–Trinajstić information content (AvgIpc) is 2.08. The highest BCUT2D eigenvalue weighted by molar-refractivity contribution is 9.09. The van der Waals surface area contributed by atoms with E-state index in [1.165, 1.54) is 0 Å². The van der Waals surface area contributed by atoms with Crippen LogP contribution in [-0.2, 0) is 5.41 Å². The first-order valence-electron chi connectivity index (χ1n) is 4.50. The molecular weight excluding hydrogens is 263 g/mol. The van der Waals surface area contributed by atoms with Crippen molar-refractivity contribution < 1.29 is 0 Å². The molecular formula is C10H14BrClN2. The molecule has 1 unspecified atom stereocenters. The van der Waals surface area contributed by atoms with Crippen LogP contribution in [0.4, 0.5) is 0 Å². The van der Waals surface area contributed by atoms with Gasteiger partial charge in [-0.3, -0.25) is 0 Å². The van der Waals surface area contributed by atoms with E-state index in [0.717, 1.165) is 11.3 Å². The largest absolute Gasteiger partial charge is 0.155 e. The second-order valence-electron chi connectivity index (χ2n) is 4.03. The molecule has 14 heavy (non-hydrogen) atoms. The molecule has 0 radical (unpaired) electrons. The van der Waals surface area contributed by atoms with E-state index in [1.54, 1.807) is 0 Å². The summed E-state index contributed by atoms with van der Waals surface area (Å²) in [6, 6.07) is 1.99. The van der Waals surface area contributed by atoms with Crippen LogP contribution < -0.4 is 0 Å². The van der Waals surface area contributed by atoms with Gasteiger partial charge in [0.25, 0.3) is 0 Å². The Labute approximate surface area is 98.2 Å². The van der Waals surface area contributed by atoms with E-state index in [1.807, 2.05) is 13.0 Å². The highest BCUT2D eigenvalue weighted by atomic mass is 79.9. The molecule has 0 aliphatic carbocycles. The normalized spacial score (nSPS) is 14.1. The van der Waals surface area contributed by atoms with E-state index in [-0.39, 0.29) is 5.41 Å². The van der Waals surface area contributed by atoms with Gasteiger partial charge in [0.1, 0.15) is 0 Å². The van der Waals surface area contributed by atoms with Crippen molar-refractivity contribution >= 4 is 27.5 Å². The summed E-state index contributed by atoms with van der Waals surface area (Å²) in [5, 5.41) is 8.33. The Balaban J connectivity index is 3.24. The molecule has 0 amide bonds. The van der Waals surface area contributed by atoms with Gasteiger partial charge in [-0.25, -0.2) is 0 Å². The topological polar surface area (TPSA) is 25.8 Å². The van der Waals surface area contributed by atoms with E-state index >= 15 is 0 Å². The maximum atomic E-state index is 6.03. The van der Waals surface area contributed by atoms with Gasteiger partial charge in [-0.2, -0.15) is 5.10 Å². The van der Waals surface area contributed by atoms with Gasteiger partial charge in [-0.15, -0.1) is 5.10 Å².